The molecule has 0 fully saturated rings. The van der Waals surface area contributed by atoms with Gasteiger partial charge in [0.25, 0.3) is 5.91 Å². The zero-order valence-electron chi connectivity index (χ0n) is 14.0. The normalized spacial score (nSPS) is 12.2. The molecule has 0 saturated carbocycles. The Balaban J connectivity index is 1.55. The average Bonchev–Trinajstić information content (AvgIpc) is 2.99. The van der Waals surface area contributed by atoms with E-state index in [1.54, 1.807) is 25.1 Å². The van der Waals surface area contributed by atoms with Crippen LogP contribution >= 0.6 is 34.8 Å². The fourth-order valence-corrected chi connectivity index (χ4v) is 3.26. The van der Waals surface area contributed by atoms with E-state index in [1.165, 1.54) is 0 Å². The van der Waals surface area contributed by atoms with Crippen LogP contribution in [-0.4, -0.2) is 23.5 Å². The lowest BCUT2D eigenvalue weighted by atomic mass is 10.1. The zero-order chi connectivity index (χ0) is 18.7. The number of hydrogen-bond acceptors (Lipinski definition) is 2. The topological polar surface area (TPSA) is 54.1 Å². The van der Waals surface area contributed by atoms with Gasteiger partial charge in [-0.15, -0.1) is 0 Å². The van der Waals surface area contributed by atoms with E-state index in [1.807, 2.05) is 24.4 Å². The third kappa shape index (κ3) is 4.44. The predicted octanol–water partition coefficient (Wildman–Crippen LogP) is 5.25. The molecule has 1 aromatic heterocycles. The minimum Gasteiger partial charge on any atom is -0.479 e. The summed E-state index contributed by atoms with van der Waals surface area (Å²) in [5.41, 5.74) is 2.11. The van der Waals surface area contributed by atoms with E-state index in [4.69, 9.17) is 39.5 Å². The maximum Gasteiger partial charge on any atom is 0.260 e. The van der Waals surface area contributed by atoms with Gasteiger partial charge in [-0.3, -0.25) is 4.79 Å². The number of carbonyl (C=O) groups is 1. The molecule has 1 unspecified atom stereocenters. The summed E-state index contributed by atoms with van der Waals surface area (Å²) in [6.07, 6.45) is 1.94. The molecule has 2 aromatic carbocycles. The molecule has 0 saturated heterocycles. The van der Waals surface area contributed by atoms with E-state index in [-0.39, 0.29) is 5.91 Å². The standard InChI is InChI=1S/C19H17Cl3N2O2/c1-11(26-18-5-3-14(21)9-16(18)22)19(25)23-7-6-12-10-24-17-4-2-13(20)8-15(12)17/h2-5,8-11,24H,6-7H2,1H3,(H,23,25). The number of halogens is 3. The van der Waals surface area contributed by atoms with Crippen molar-refractivity contribution in [2.75, 3.05) is 6.54 Å². The lowest BCUT2D eigenvalue weighted by Gasteiger charge is -2.15. The number of benzene rings is 2. The van der Waals surface area contributed by atoms with Gasteiger partial charge in [-0.1, -0.05) is 34.8 Å². The summed E-state index contributed by atoms with van der Waals surface area (Å²) in [5, 5.41) is 5.50. The molecule has 0 aliphatic carbocycles. The Morgan fingerprint density at radius 2 is 1.88 bits per heavy atom. The number of amides is 1. The van der Waals surface area contributed by atoms with Gasteiger partial charge in [-0.2, -0.15) is 0 Å². The van der Waals surface area contributed by atoms with E-state index in [0.29, 0.717) is 33.8 Å². The van der Waals surface area contributed by atoms with Crippen LogP contribution in [0.5, 0.6) is 5.75 Å². The number of fused-ring (bicyclic) bond motifs is 1. The molecule has 4 nitrogen and oxygen atoms in total. The largest absolute Gasteiger partial charge is 0.479 e. The number of hydrogen-bond donors (Lipinski definition) is 2. The molecule has 0 bridgehead atoms. The van der Waals surface area contributed by atoms with Crippen LogP contribution in [0.3, 0.4) is 0 Å². The van der Waals surface area contributed by atoms with Gasteiger partial charge >= 0.3 is 0 Å². The van der Waals surface area contributed by atoms with Crippen molar-refractivity contribution in [1.29, 1.82) is 0 Å². The molecular weight excluding hydrogens is 395 g/mol. The quantitative estimate of drug-likeness (QED) is 0.582. The van der Waals surface area contributed by atoms with Crippen molar-refractivity contribution in [2.24, 2.45) is 0 Å². The van der Waals surface area contributed by atoms with Crippen molar-refractivity contribution >= 4 is 51.6 Å². The number of aromatic amines is 1. The SMILES string of the molecule is CC(Oc1ccc(Cl)cc1Cl)C(=O)NCCc1c[nH]c2ccc(Cl)cc12. The molecule has 3 rings (SSSR count). The van der Waals surface area contributed by atoms with Crippen LogP contribution in [0.15, 0.2) is 42.6 Å². The number of H-pyrrole nitrogens is 1. The van der Waals surface area contributed by atoms with Crippen molar-refractivity contribution < 1.29 is 9.53 Å². The van der Waals surface area contributed by atoms with Gasteiger partial charge in [0, 0.05) is 33.7 Å². The molecule has 26 heavy (non-hydrogen) atoms. The number of carbonyl (C=O) groups excluding carboxylic acids is 1. The van der Waals surface area contributed by atoms with Gasteiger partial charge in [0.1, 0.15) is 5.75 Å². The minimum absolute atomic E-state index is 0.214. The third-order valence-corrected chi connectivity index (χ3v) is 4.76. The van der Waals surface area contributed by atoms with Crippen LogP contribution < -0.4 is 10.1 Å². The zero-order valence-corrected chi connectivity index (χ0v) is 16.3. The Labute approximate surface area is 166 Å². The van der Waals surface area contributed by atoms with Crippen LogP contribution in [0, 0.1) is 0 Å². The first-order valence-electron chi connectivity index (χ1n) is 8.09. The van der Waals surface area contributed by atoms with Crippen LogP contribution in [0.1, 0.15) is 12.5 Å². The van der Waals surface area contributed by atoms with Crippen molar-refractivity contribution in [1.82, 2.24) is 10.3 Å². The highest BCUT2D eigenvalue weighted by Crippen LogP contribution is 2.28. The lowest BCUT2D eigenvalue weighted by molar-refractivity contribution is -0.127. The Morgan fingerprint density at radius 1 is 1.15 bits per heavy atom. The van der Waals surface area contributed by atoms with E-state index in [0.717, 1.165) is 16.5 Å². The Morgan fingerprint density at radius 3 is 2.65 bits per heavy atom. The summed E-state index contributed by atoms with van der Waals surface area (Å²) >= 11 is 18.0. The van der Waals surface area contributed by atoms with Gasteiger partial charge in [-0.05, 0) is 55.3 Å². The fourth-order valence-electron chi connectivity index (χ4n) is 2.64. The predicted molar refractivity (Wildman–Crippen MR) is 107 cm³/mol. The smallest absolute Gasteiger partial charge is 0.260 e. The highest BCUT2D eigenvalue weighted by Gasteiger charge is 2.16. The van der Waals surface area contributed by atoms with Crippen molar-refractivity contribution in [3.8, 4) is 5.75 Å². The van der Waals surface area contributed by atoms with Crippen molar-refractivity contribution in [3.05, 3.63) is 63.2 Å². The average molecular weight is 412 g/mol. The van der Waals surface area contributed by atoms with Gasteiger partial charge in [0.15, 0.2) is 6.10 Å². The van der Waals surface area contributed by atoms with Crippen LogP contribution in [0.25, 0.3) is 10.9 Å². The van der Waals surface area contributed by atoms with E-state index >= 15 is 0 Å². The number of nitrogens with one attached hydrogen (secondary N) is 2. The van der Waals surface area contributed by atoms with E-state index in [9.17, 15) is 4.79 Å². The van der Waals surface area contributed by atoms with Crippen molar-refractivity contribution in [3.63, 3.8) is 0 Å². The maximum atomic E-state index is 12.2. The summed E-state index contributed by atoms with van der Waals surface area (Å²) < 4.78 is 5.61. The molecule has 0 aliphatic heterocycles. The van der Waals surface area contributed by atoms with Crippen LogP contribution in [0.2, 0.25) is 15.1 Å². The molecule has 3 aromatic rings. The molecule has 0 radical (unpaired) electrons. The Hall–Kier alpha value is -1.88. The third-order valence-electron chi connectivity index (χ3n) is 3.99. The van der Waals surface area contributed by atoms with Crippen LogP contribution in [-0.2, 0) is 11.2 Å². The molecule has 136 valence electrons. The Kier molecular flexibility index (Phi) is 5.97. The molecule has 0 aliphatic rings. The number of rotatable bonds is 6. The lowest BCUT2D eigenvalue weighted by Crippen LogP contribution is -2.37. The van der Waals surface area contributed by atoms with Crippen LogP contribution in [0.4, 0.5) is 0 Å². The minimum atomic E-state index is -0.675. The molecule has 1 amide bonds. The first-order chi connectivity index (χ1) is 12.4. The fraction of sp³-hybridized carbons (Fsp3) is 0.211. The Bertz CT molecular complexity index is 940. The van der Waals surface area contributed by atoms with Crippen molar-refractivity contribution in [2.45, 2.75) is 19.4 Å². The second-order valence-corrected chi connectivity index (χ2v) is 7.16. The summed E-state index contributed by atoms with van der Waals surface area (Å²) in [7, 11) is 0. The molecular formula is C19H17Cl3N2O2. The van der Waals surface area contributed by atoms with E-state index < -0.39 is 6.10 Å². The van der Waals surface area contributed by atoms with Gasteiger partial charge < -0.3 is 15.0 Å². The monoisotopic (exact) mass is 410 g/mol. The maximum absolute atomic E-state index is 12.2. The van der Waals surface area contributed by atoms with E-state index in [2.05, 4.69) is 10.3 Å². The second kappa shape index (κ2) is 8.21. The molecule has 1 heterocycles. The molecule has 2 N–H and O–H groups in total. The summed E-state index contributed by atoms with van der Waals surface area (Å²) in [6, 6.07) is 10.6. The highest BCUT2D eigenvalue weighted by molar-refractivity contribution is 6.35. The number of ether oxygens (including phenoxy) is 1. The summed E-state index contributed by atoms with van der Waals surface area (Å²) in [4.78, 5) is 15.4. The highest BCUT2D eigenvalue weighted by atomic mass is 35.5. The van der Waals surface area contributed by atoms with Gasteiger partial charge in [-0.25, -0.2) is 0 Å². The number of aromatic nitrogens is 1. The first-order valence-corrected chi connectivity index (χ1v) is 9.22. The molecule has 0 spiro atoms. The molecule has 7 heteroatoms. The van der Waals surface area contributed by atoms with Gasteiger partial charge in [0.2, 0.25) is 0 Å². The second-order valence-electron chi connectivity index (χ2n) is 5.88. The summed E-state index contributed by atoms with van der Waals surface area (Å²) in [5.74, 6) is 0.207. The first kappa shape index (κ1) is 18.9. The van der Waals surface area contributed by atoms with Gasteiger partial charge in [0.05, 0.1) is 5.02 Å². The molecule has 1 atom stereocenters. The summed E-state index contributed by atoms with van der Waals surface area (Å²) in [6.45, 7) is 2.16.